The highest BCUT2D eigenvalue weighted by Gasteiger charge is 2.26. The number of rotatable bonds is 4. The minimum Gasteiger partial charge on any atom is -0.424 e. The highest BCUT2D eigenvalue weighted by molar-refractivity contribution is 5.46. The van der Waals surface area contributed by atoms with Gasteiger partial charge >= 0.3 is 0 Å². The number of anilines is 1. The van der Waals surface area contributed by atoms with Crippen molar-refractivity contribution in [2.24, 2.45) is 0 Å². The molecule has 4 heterocycles. The van der Waals surface area contributed by atoms with Crippen LogP contribution in [0.25, 0.3) is 5.65 Å². The Bertz CT molecular complexity index is 828. The van der Waals surface area contributed by atoms with Crippen molar-refractivity contribution in [2.75, 3.05) is 24.5 Å². The Kier molecular flexibility index (Phi) is 3.85. The number of hydrogen-bond acceptors (Lipinski definition) is 8. The third kappa shape index (κ3) is 2.82. The molecular formula is C15H20N8O. The summed E-state index contributed by atoms with van der Waals surface area (Å²) in [5.41, 5.74) is 0.758. The summed E-state index contributed by atoms with van der Waals surface area (Å²) >= 11 is 0. The molecule has 0 aromatic carbocycles. The van der Waals surface area contributed by atoms with Gasteiger partial charge in [-0.25, -0.2) is 0 Å². The molecule has 1 saturated heterocycles. The van der Waals surface area contributed by atoms with Crippen LogP contribution in [0.2, 0.25) is 0 Å². The summed E-state index contributed by atoms with van der Waals surface area (Å²) in [4.78, 5) is 4.65. The van der Waals surface area contributed by atoms with Gasteiger partial charge in [-0.15, -0.1) is 25.5 Å². The third-order valence-electron chi connectivity index (χ3n) is 4.32. The predicted octanol–water partition coefficient (Wildman–Crippen LogP) is 0.780. The Balaban J connectivity index is 1.43. The molecule has 0 radical (unpaired) electrons. The quantitative estimate of drug-likeness (QED) is 0.694. The molecule has 0 amide bonds. The molecule has 9 nitrogen and oxygen atoms in total. The first-order valence-electron chi connectivity index (χ1n) is 8.20. The maximum atomic E-state index is 5.61. The van der Waals surface area contributed by atoms with E-state index in [-0.39, 0.29) is 0 Å². The number of aryl methyl sites for hydroxylation is 1. The molecule has 4 rings (SSSR count). The van der Waals surface area contributed by atoms with Crippen molar-refractivity contribution >= 4 is 11.5 Å². The Morgan fingerprint density at radius 2 is 2.04 bits per heavy atom. The average Bonchev–Trinajstić information content (AvgIpc) is 3.23. The molecule has 1 fully saturated rings. The molecule has 126 valence electrons. The van der Waals surface area contributed by atoms with E-state index in [4.69, 9.17) is 4.42 Å². The van der Waals surface area contributed by atoms with Crippen LogP contribution in [0, 0.1) is 0 Å². The normalized spacial score (nSPS) is 19.2. The second-order valence-corrected chi connectivity index (χ2v) is 6.05. The van der Waals surface area contributed by atoms with Crippen molar-refractivity contribution in [3.05, 3.63) is 30.2 Å². The van der Waals surface area contributed by atoms with Crippen LogP contribution in [0.5, 0.6) is 0 Å². The van der Waals surface area contributed by atoms with Gasteiger partial charge in [-0.2, -0.15) is 4.52 Å². The molecule has 1 aliphatic heterocycles. The van der Waals surface area contributed by atoms with Gasteiger partial charge in [0, 0.05) is 32.1 Å². The van der Waals surface area contributed by atoms with E-state index in [0.29, 0.717) is 24.4 Å². The van der Waals surface area contributed by atoms with Crippen LogP contribution in [-0.4, -0.2) is 60.6 Å². The van der Waals surface area contributed by atoms with Crippen molar-refractivity contribution in [2.45, 2.75) is 32.9 Å². The van der Waals surface area contributed by atoms with Gasteiger partial charge in [0.2, 0.25) is 11.8 Å². The monoisotopic (exact) mass is 328 g/mol. The SMILES string of the molecule is CCc1nnc(CN2CCN(c3ccc4nncn4n3)[C@@H](C)C2)o1. The largest absolute Gasteiger partial charge is 0.424 e. The van der Waals surface area contributed by atoms with E-state index < -0.39 is 0 Å². The topological polar surface area (TPSA) is 88.5 Å². The molecule has 0 saturated carbocycles. The number of nitrogens with zero attached hydrogens (tertiary/aromatic N) is 8. The van der Waals surface area contributed by atoms with Crippen LogP contribution < -0.4 is 4.90 Å². The molecule has 1 aliphatic rings. The molecule has 3 aromatic rings. The zero-order valence-electron chi connectivity index (χ0n) is 13.8. The van der Waals surface area contributed by atoms with E-state index in [1.165, 1.54) is 0 Å². The van der Waals surface area contributed by atoms with Crippen molar-refractivity contribution in [3.8, 4) is 0 Å². The number of fused-ring (bicyclic) bond motifs is 1. The van der Waals surface area contributed by atoms with E-state index in [9.17, 15) is 0 Å². The number of hydrogen-bond donors (Lipinski definition) is 0. The van der Waals surface area contributed by atoms with E-state index in [2.05, 4.69) is 42.2 Å². The van der Waals surface area contributed by atoms with Crippen LogP contribution in [0.4, 0.5) is 5.82 Å². The van der Waals surface area contributed by atoms with Crippen LogP contribution in [0.1, 0.15) is 25.6 Å². The number of aromatic nitrogens is 6. The number of piperazine rings is 1. The van der Waals surface area contributed by atoms with Crippen molar-refractivity contribution in [3.63, 3.8) is 0 Å². The van der Waals surface area contributed by atoms with Crippen molar-refractivity contribution in [1.82, 2.24) is 34.9 Å². The Morgan fingerprint density at radius 1 is 1.17 bits per heavy atom. The second kappa shape index (κ2) is 6.16. The molecule has 3 aromatic heterocycles. The van der Waals surface area contributed by atoms with Gasteiger partial charge in [-0.05, 0) is 19.1 Å². The van der Waals surface area contributed by atoms with E-state index >= 15 is 0 Å². The van der Waals surface area contributed by atoms with Gasteiger partial charge in [0.25, 0.3) is 0 Å². The molecule has 0 unspecified atom stereocenters. The molecule has 0 N–H and O–H groups in total. The highest BCUT2D eigenvalue weighted by atomic mass is 16.4. The predicted molar refractivity (Wildman–Crippen MR) is 86.5 cm³/mol. The summed E-state index contributed by atoms with van der Waals surface area (Å²) in [6, 6.07) is 4.29. The summed E-state index contributed by atoms with van der Waals surface area (Å²) in [6.07, 6.45) is 2.40. The van der Waals surface area contributed by atoms with Crippen LogP contribution in [-0.2, 0) is 13.0 Å². The van der Waals surface area contributed by atoms with E-state index in [1.54, 1.807) is 10.8 Å². The maximum absolute atomic E-state index is 5.61. The Morgan fingerprint density at radius 3 is 2.83 bits per heavy atom. The lowest BCUT2D eigenvalue weighted by Gasteiger charge is -2.39. The summed E-state index contributed by atoms with van der Waals surface area (Å²) in [6.45, 7) is 7.66. The molecular weight excluding hydrogens is 308 g/mol. The zero-order valence-corrected chi connectivity index (χ0v) is 13.8. The fourth-order valence-corrected chi connectivity index (χ4v) is 3.08. The van der Waals surface area contributed by atoms with Gasteiger partial charge < -0.3 is 9.32 Å². The fraction of sp³-hybridized carbons (Fsp3) is 0.533. The van der Waals surface area contributed by atoms with Crippen LogP contribution >= 0.6 is 0 Å². The van der Waals surface area contributed by atoms with Gasteiger partial charge in [-0.3, -0.25) is 4.90 Å². The summed E-state index contributed by atoms with van der Waals surface area (Å²) in [5, 5.41) is 20.6. The molecule has 0 bridgehead atoms. The minimum atomic E-state index is 0.341. The molecule has 24 heavy (non-hydrogen) atoms. The fourth-order valence-electron chi connectivity index (χ4n) is 3.08. The average molecular weight is 328 g/mol. The lowest BCUT2D eigenvalue weighted by Crippen LogP contribution is -2.52. The highest BCUT2D eigenvalue weighted by Crippen LogP contribution is 2.19. The molecule has 1 atom stereocenters. The minimum absolute atomic E-state index is 0.341. The second-order valence-electron chi connectivity index (χ2n) is 6.05. The van der Waals surface area contributed by atoms with Gasteiger partial charge in [-0.1, -0.05) is 6.92 Å². The van der Waals surface area contributed by atoms with Gasteiger partial charge in [0.05, 0.1) is 6.54 Å². The summed E-state index contributed by atoms with van der Waals surface area (Å²) in [7, 11) is 0. The van der Waals surface area contributed by atoms with Crippen molar-refractivity contribution < 1.29 is 4.42 Å². The lowest BCUT2D eigenvalue weighted by molar-refractivity contribution is 0.200. The first kappa shape index (κ1) is 15.0. The molecule has 0 spiro atoms. The van der Waals surface area contributed by atoms with Crippen LogP contribution in [0.15, 0.2) is 22.9 Å². The smallest absolute Gasteiger partial charge is 0.230 e. The standard InChI is InChI=1S/C15H20N8O/c1-3-14-18-19-15(24-14)9-21-6-7-22(11(2)8-21)13-5-4-12-17-16-10-23(12)20-13/h4-5,10-11H,3,6-9H2,1-2H3/t11-/m0/s1. The van der Waals surface area contributed by atoms with Gasteiger partial charge in [0.15, 0.2) is 5.65 Å². The van der Waals surface area contributed by atoms with Crippen molar-refractivity contribution in [1.29, 1.82) is 0 Å². The molecule has 9 heteroatoms. The van der Waals surface area contributed by atoms with E-state index in [0.717, 1.165) is 37.5 Å². The van der Waals surface area contributed by atoms with E-state index in [1.807, 2.05) is 19.1 Å². The third-order valence-corrected chi connectivity index (χ3v) is 4.32. The summed E-state index contributed by atoms with van der Waals surface area (Å²) < 4.78 is 7.32. The van der Waals surface area contributed by atoms with Crippen LogP contribution in [0.3, 0.4) is 0 Å². The first-order valence-corrected chi connectivity index (χ1v) is 8.20. The Labute approximate surface area is 139 Å². The first-order chi connectivity index (χ1) is 11.7. The molecule has 0 aliphatic carbocycles. The Hall–Kier alpha value is -2.55. The van der Waals surface area contributed by atoms with Gasteiger partial charge in [0.1, 0.15) is 12.1 Å². The summed E-state index contributed by atoms with van der Waals surface area (Å²) in [5.74, 6) is 2.33. The lowest BCUT2D eigenvalue weighted by atomic mass is 10.2. The zero-order chi connectivity index (χ0) is 16.5. The maximum Gasteiger partial charge on any atom is 0.230 e.